The molecule has 0 saturated heterocycles. The SMILES string of the molecule is COc1[c]cc(OC)c(CC[N+](=O)[O-])c1. The van der Waals surface area contributed by atoms with E-state index in [1.165, 1.54) is 14.2 Å². The Hall–Kier alpha value is -1.78. The van der Waals surface area contributed by atoms with E-state index in [2.05, 4.69) is 6.07 Å². The summed E-state index contributed by atoms with van der Waals surface area (Å²) in [5.74, 6) is 1.15. The lowest BCUT2D eigenvalue weighted by molar-refractivity contribution is -0.479. The van der Waals surface area contributed by atoms with Crippen molar-refractivity contribution < 1.29 is 14.4 Å². The first-order chi connectivity index (χ1) is 7.17. The third kappa shape index (κ3) is 3.12. The summed E-state index contributed by atoms with van der Waals surface area (Å²) >= 11 is 0. The second-order valence-corrected chi connectivity index (χ2v) is 2.90. The molecule has 81 valence electrons. The second kappa shape index (κ2) is 5.19. The van der Waals surface area contributed by atoms with E-state index >= 15 is 0 Å². The quantitative estimate of drug-likeness (QED) is 0.543. The standard InChI is InChI=1S/C10H12NO4/c1-14-9-3-4-10(15-2)8(7-9)5-6-11(12)13/h4,7H,5-6H2,1-2H3. The summed E-state index contributed by atoms with van der Waals surface area (Å²) in [6, 6.07) is 6.16. The highest BCUT2D eigenvalue weighted by molar-refractivity contribution is 5.39. The molecule has 0 amide bonds. The molecule has 0 unspecified atom stereocenters. The van der Waals surface area contributed by atoms with E-state index in [0.29, 0.717) is 17.9 Å². The van der Waals surface area contributed by atoms with Gasteiger partial charge in [0, 0.05) is 23.0 Å². The fourth-order valence-electron chi connectivity index (χ4n) is 1.22. The van der Waals surface area contributed by atoms with Crippen molar-refractivity contribution in [3.05, 3.63) is 33.9 Å². The Kier molecular flexibility index (Phi) is 3.91. The van der Waals surface area contributed by atoms with Crippen LogP contribution in [0.3, 0.4) is 0 Å². The van der Waals surface area contributed by atoms with Gasteiger partial charge in [0.05, 0.1) is 14.2 Å². The number of methoxy groups -OCH3 is 2. The first kappa shape index (κ1) is 11.3. The largest absolute Gasteiger partial charge is 0.496 e. The summed E-state index contributed by atoms with van der Waals surface area (Å²) in [6.45, 7) is -0.122. The minimum atomic E-state index is -0.359. The van der Waals surface area contributed by atoms with Crippen molar-refractivity contribution in [1.82, 2.24) is 0 Å². The van der Waals surface area contributed by atoms with Crippen LogP contribution in [-0.4, -0.2) is 25.7 Å². The first-order valence-electron chi connectivity index (χ1n) is 4.41. The van der Waals surface area contributed by atoms with Gasteiger partial charge in [0.25, 0.3) is 0 Å². The lowest BCUT2D eigenvalue weighted by atomic mass is 10.1. The van der Waals surface area contributed by atoms with Gasteiger partial charge >= 0.3 is 0 Å². The second-order valence-electron chi connectivity index (χ2n) is 2.90. The fourth-order valence-corrected chi connectivity index (χ4v) is 1.22. The van der Waals surface area contributed by atoms with Gasteiger partial charge in [-0.1, -0.05) is 0 Å². The van der Waals surface area contributed by atoms with Crippen molar-refractivity contribution in [1.29, 1.82) is 0 Å². The van der Waals surface area contributed by atoms with Crippen LogP contribution >= 0.6 is 0 Å². The maximum atomic E-state index is 10.3. The van der Waals surface area contributed by atoms with Crippen LogP contribution in [0.1, 0.15) is 5.56 Å². The van der Waals surface area contributed by atoms with Crippen LogP contribution in [0.5, 0.6) is 11.5 Å². The first-order valence-corrected chi connectivity index (χ1v) is 4.41. The van der Waals surface area contributed by atoms with Gasteiger partial charge in [-0.15, -0.1) is 0 Å². The Morgan fingerprint density at radius 1 is 1.47 bits per heavy atom. The third-order valence-electron chi connectivity index (χ3n) is 1.97. The highest BCUT2D eigenvalue weighted by Gasteiger charge is 2.08. The van der Waals surface area contributed by atoms with E-state index in [1.807, 2.05) is 0 Å². The smallest absolute Gasteiger partial charge is 0.208 e. The number of benzene rings is 1. The Balaban J connectivity index is 2.85. The molecule has 0 heterocycles. The molecular formula is C10H12NO4. The van der Waals surface area contributed by atoms with Crippen molar-refractivity contribution in [2.75, 3.05) is 20.8 Å². The van der Waals surface area contributed by atoms with Gasteiger partial charge in [-0.25, -0.2) is 0 Å². The summed E-state index contributed by atoms with van der Waals surface area (Å²) in [6.07, 6.45) is 0.321. The molecule has 0 N–H and O–H groups in total. The molecular weight excluding hydrogens is 198 g/mol. The topological polar surface area (TPSA) is 61.6 Å². The summed E-state index contributed by atoms with van der Waals surface area (Å²) in [7, 11) is 3.04. The molecule has 0 fully saturated rings. The van der Waals surface area contributed by atoms with E-state index in [0.717, 1.165) is 5.56 Å². The summed E-state index contributed by atoms with van der Waals surface area (Å²) in [5.41, 5.74) is 0.754. The summed E-state index contributed by atoms with van der Waals surface area (Å²) < 4.78 is 10.0. The van der Waals surface area contributed by atoms with Crippen LogP contribution in [0.25, 0.3) is 0 Å². The van der Waals surface area contributed by atoms with E-state index in [1.54, 1.807) is 12.1 Å². The van der Waals surface area contributed by atoms with Crippen molar-refractivity contribution in [3.8, 4) is 11.5 Å². The average Bonchev–Trinajstić information content (AvgIpc) is 2.25. The molecule has 5 nitrogen and oxygen atoms in total. The van der Waals surface area contributed by atoms with Crippen molar-refractivity contribution in [2.45, 2.75) is 6.42 Å². The van der Waals surface area contributed by atoms with E-state index < -0.39 is 0 Å². The number of nitro groups is 1. The Morgan fingerprint density at radius 2 is 2.20 bits per heavy atom. The predicted molar refractivity (Wildman–Crippen MR) is 53.9 cm³/mol. The van der Waals surface area contributed by atoms with Crippen LogP contribution in [0, 0.1) is 16.2 Å². The fraction of sp³-hybridized carbons (Fsp3) is 0.400. The monoisotopic (exact) mass is 210 g/mol. The molecule has 0 aliphatic carbocycles. The van der Waals surface area contributed by atoms with Crippen molar-refractivity contribution in [3.63, 3.8) is 0 Å². The number of hydrogen-bond donors (Lipinski definition) is 0. The van der Waals surface area contributed by atoms with Crippen molar-refractivity contribution in [2.24, 2.45) is 0 Å². The average molecular weight is 210 g/mol. The zero-order valence-corrected chi connectivity index (χ0v) is 8.65. The molecule has 15 heavy (non-hydrogen) atoms. The van der Waals surface area contributed by atoms with Gasteiger partial charge in [-0.3, -0.25) is 10.1 Å². The molecule has 0 saturated carbocycles. The van der Waals surface area contributed by atoms with Crippen LogP contribution in [0.15, 0.2) is 12.1 Å². The highest BCUT2D eigenvalue weighted by Crippen LogP contribution is 2.23. The Bertz CT molecular complexity index is 351. The zero-order valence-electron chi connectivity index (χ0n) is 8.65. The normalized spacial score (nSPS) is 9.73. The lowest BCUT2D eigenvalue weighted by Gasteiger charge is -2.08. The van der Waals surface area contributed by atoms with E-state index in [9.17, 15) is 10.1 Å². The van der Waals surface area contributed by atoms with E-state index in [4.69, 9.17) is 9.47 Å². The Labute approximate surface area is 87.8 Å². The van der Waals surface area contributed by atoms with Crippen LogP contribution in [-0.2, 0) is 6.42 Å². The number of ether oxygens (including phenoxy) is 2. The van der Waals surface area contributed by atoms with Gasteiger partial charge < -0.3 is 9.47 Å². The Morgan fingerprint density at radius 3 is 2.73 bits per heavy atom. The number of nitrogens with zero attached hydrogens (tertiary/aromatic N) is 1. The highest BCUT2D eigenvalue weighted by atomic mass is 16.6. The predicted octanol–water partition coefficient (Wildman–Crippen LogP) is 1.32. The molecule has 0 spiro atoms. The molecule has 1 aromatic rings. The summed E-state index contributed by atoms with van der Waals surface area (Å²) in [4.78, 5) is 9.89. The molecule has 1 aromatic carbocycles. The van der Waals surface area contributed by atoms with Gasteiger partial charge in [0.2, 0.25) is 6.54 Å². The lowest BCUT2D eigenvalue weighted by Crippen LogP contribution is -2.05. The molecule has 0 aromatic heterocycles. The minimum absolute atomic E-state index is 0.122. The molecule has 0 atom stereocenters. The maximum Gasteiger partial charge on any atom is 0.208 e. The minimum Gasteiger partial charge on any atom is -0.496 e. The zero-order chi connectivity index (χ0) is 11.3. The van der Waals surface area contributed by atoms with Crippen LogP contribution in [0.2, 0.25) is 0 Å². The number of rotatable bonds is 5. The van der Waals surface area contributed by atoms with Crippen molar-refractivity contribution >= 4 is 0 Å². The van der Waals surface area contributed by atoms with Gasteiger partial charge in [-0.05, 0) is 12.1 Å². The molecule has 5 heteroatoms. The van der Waals surface area contributed by atoms with Gasteiger partial charge in [-0.2, -0.15) is 0 Å². The molecule has 0 bridgehead atoms. The van der Waals surface area contributed by atoms with E-state index in [-0.39, 0.29) is 11.5 Å². The number of hydrogen-bond acceptors (Lipinski definition) is 4. The van der Waals surface area contributed by atoms with Crippen LogP contribution in [0.4, 0.5) is 0 Å². The van der Waals surface area contributed by atoms with Crippen LogP contribution < -0.4 is 9.47 Å². The molecule has 0 aliphatic rings. The summed E-state index contributed by atoms with van der Waals surface area (Å²) in [5, 5.41) is 10.3. The van der Waals surface area contributed by atoms with Gasteiger partial charge in [0.15, 0.2) is 0 Å². The molecule has 1 radical (unpaired) electrons. The maximum absolute atomic E-state index is 10.3. The molecule has 0 aliphatic heterocycles. The molecule has 1 rings (SSSR count). The third-order valence-corrected chi connectivity index (χ3v) is 1.97. The van der Waals surface area contributed by atoms with Gasteiger partial charge in [0.1, 0.15) is 11.5 Å².